The number of nitrogens with zero attached hydrogens (tertiary/aromatic N) is 1. The van der Waals surface area contributed by atoms with Gasteiger partial charge in [0.05, 0.1) is 11.1 Å². The van der Waals surface area contributed by atoms with Gasteiger partial charge in [0.15, 0.2) is 0 Å². The largest absolute Gasteiger partial charge is 0.328 e. The second kappa shape index (κ2) is 2.51. The van der Waals surface area contributed by atoms with Crippen LogP contribution >= 0.6 is 11.8 Å². The SMILES string of the molecule is CC1=NC(CN)CS1. The molecule has 1 unspecified atom stereocenters. The first-order valence-corrected chi connectivity index (χ1v) is 3.68. The summed E-state index contributed by atoms with van der Waals surface area (Å²) < 4.78 is 0. The van der Waals surface area contributed by atoms with Crippen LogP contribution in [0, 0.1) is 0 Å². The van der Waals surface area contributed by atoms with Crippen LogP contribution in [0.4, 0.5) is 0 Å². The molecule has 1 rings (SSSR count). The Morgan fingerprint density at radius 3 is 3.00 bits per heavy atom. The molecule has 0 saturated carbocycles. The normalized spacial score (nSPS) is 28.2. The third-order valence-corrected chi connectivity index (χ3v) is 2.20. The maximum atomic E-state index is 5.38. The maximum Gasteiger partial charge on any atom is 0.0725 e. The van der Waals surface area contributed by atoms with E-state index in [0.29, 0.717) is 12.6 Å². The number of hydrogen-bond acceptors (Lipinski definition) is 3. The number of thioether (sulfide) groups is 1. The summed E-state index contributed by atoms with van der Waals surface area (Å²) >= 11 is 1.80. The van der Waals surface area contributed by atoms with Gasteiger partial charge in [-0.05, 0) is 6.92 Å². The predicted molar refractivity (Wildman–Crippen MR) is 38.4 cm³/mol. The summed E-state index contributed by atoms with van der Waals surface area (Å²) in [5.74, 6) is 1.09. The second-order valence-corrected chi connectivity index (χ2v) is 3.06. The van der Waals surface area contributed by atoms with Gasteiger partial charge >= 0.3 is 0 Å². The van der Waals surface area contributed by atoms with Gasteiger partial charge in [-0.25, -0.2) is 0 Å². The molecule has 0 radical (unpaired) electrons. The Balaban J connectivity index is 2.41. The fourth-order valence-electron chi connectivity index (χ4n) is 0.669. The van der Waals surface area contributed by atoms with Crippen molar-refractivity contribution in [1.29, 1.82) is 0 Å². The smallest absolute Gasteiger partial charge is 0.0725 e. The number of aliphatic imine (C=N–C) groups is 1. The third-order valence-electron chi connectivity index (χ3n) is 1.12. The second-order valence-electron chi connectivity index (χ2n) is 1.85. The molecule has 3 heteroatoms. The Morgan fingerprint density at radius 2 is 2.75 bits per heavy atom. The summed E-state index contributed by atoms with van der Waals surface area (Å²) in [5.41, 5.74) is 5.38. The third kappa shape index (κ3) is 1.23. The monoisotopic (exact) mass is 130 g/mol. The van der Waals surface area contributed by atoms with Crippen molar-refractivity contribution in [1.82, 2.24) is 0 Å². The van der Waals surface area contributed by atoms with Crippen molar-refractivity contribution in [2.45, 2.75) is 13.0 Å². The van der Waals surface area contributed by atoms with Gasteiger partial charge in [0.25, 0.3) is 0 Å². The molecule has 0 spiro atoms. The van der Waals surface area contributed by atoms with E-state index in [2.05, 4.69) is 4.99 Å². The highest BCUT2D eigenvalue weighted by Gasteiger charge is 2.11. The highest BCUT2D eigenvalue weighted by Crippen LogP contribution is 2.15. The summed E-state index contributed by atoms with van der Waals surface area (Å²) in [4.78, 5) is 4.26. The summed E-state index contributed by atoms with van der Waals surface area (Å²) in [6.45, 7) is 2.73. The van der Waals surface area contributed by atoms with Gasteiger partial charge in [-0.1, -0.05) is 0 Å². The molecule has 1 aliphatic rings. The van der Waals surface area contributed by atoms with E-state index in [0.717, 1.165) is 5.75 Å². The van der Waals surface area contributed by atoms with Crippen LogP contribution in [0.5, 0.6) is 0 Å². The number of hydrogen-bond donors (Lipinski definition) is 1. The first-order valence-electron chi connectivity index (χ1n) is 2.70. The molecule has 0 fully saturated rings. The van der Waals surface area contributed by atoms with Crippen LogP contribution in [0.2, 0.25) is 0 Å². The molecular formula is C5H10N2S. The summed E-state index contributed by atoms with van der Waals surface area (Å²) in [7, 11) is 0. The molecule has 8 heavy (non-hydrogen) atoms. The van der Waals surface area contributed by atoms with Gasteiger partial charge in [-0.15, -0.1) is 11.8 Å². The van der Waals surface area contributed by atoms with Crippen LogP contribution in [0.25, 0.3) is 0 Å². The zero-order chi connectivity index (χ0) is 5.98. The van der Waals surface area contributed by atoms with E-state index in [9.17, 15) is 0 Å². The van der Waals surface area contributed by atoms with Crippen molar-refractivity contribution < 1.29 is 0 Å². The Labute approximate surface area is 53.6 Å². The van der Waals surface area contributed by atoms with E-state index in [1.807, 2.05) is 6.92 Å². The topological polar surface area (TPSA) is 38.4 Å². The minimum Gasteiger partial charge on any atom is -0.328 e. The lowest BCUT2D eigenvalue weighted by Gasteiger charge is -1.96. The predicted octanol–water partition coefficient (Wildman–Crippen LogP) is 0.479. The molecule has 2 N–H and O–H groups in total. The minimum atomic E-state index is 0.403. The van der Waals surface area contributed by atoms with Crippen LogP contribution in [0.15, 0.2) is 4.99 Å². The van der Waals surface area contributed by atoms with Crippen LogP contribution in [-0.2, 0) is 0 Å². The molecule has 0 aliphatic carbocycles. The van der Waals surface area contributed by atoms with Crippen molar-refractivity contribution in [2.24, 2.45) is 10.7 Å². The van der Waals surface area contributed by atoms with Crippen molar-refractivity contribution in [2.75, 3.05) is 12.3 Å². The fraction of sp³-hybridized carbons (Fsp3) is 0.800. The Bertz CT molecular complexity index is 111. The minimum absolute atomic E-state index is 0.403. The summed E-state index contributed by atoms with van der Waals surface area (Å²) in [6, 6.07) is 0.403. The van der Waals surface area contributed by atoms with Crippen molar-refractivity contribution in [3.63, 3.8) is 0 Å². The van der Waals surface area contributed by atoms with E-state index in [1.165, 1.54) is 5.04 Å². The average Bonchev–Trinajstić information content (AvgIpc) is 2.14. The van der Waals surface area contributed by atoms with Gasteiger partial charge in [0, 0.05) is 12.3 Å². The standard InChI is InChI=1S/C5H10N2S/c1-4-7-5(2-6)3-8-4/h5H,2-3,6H2,1H3. The van der Waals surface area contributed by atoms with E-state index in [1.54, 1.807) is 11.8 Å². The van der Waals surface area contributed by atoms with E-state index >= 15 is 0 Å². The first-order chi connectivity index (χ1) is 3.83. The molecule has 0 aromatic carbocycles. The van der Waals surface area contributed by atoms with Crippen LogP contribution in [-0.4, -0.2) is 23.4 Å². The van der Waals surface area contributed by atoms with Crippen LogP contribution in [0.3, 0.4) is 0 Å². The van der Waals surface area contributed by atoms with E-state index in [4.69, 9.17) is 5.73 Å². The molecule has 46 valence electrons. The fourth-order valence-corrected chi connectivity index (χ4v) is 1.54. The maximum absolute atomic E-state index is 5.38. The molecule has 1 atom stereocenters. The van der Waals surface area contributed by atoms with Crippen molar-refractivity contribution in [3.05, 3.63) is 0 Å². The van der Waals surface area contributed by atoms with Crippen molar-refractivity contribution >= 4 is 16.8 Å². The summed E-state index contributed by atoms with van der Waals surface area (Å²) in [5, 5.41) is 1.18. The Kier molecular flexibility index (Phi) is 1.91. The van der Waals surface area contributed by atoms with Gasteiger partial charge in [-0.2, -0.15) is 0 Å². The summed E-state index contributed by atoms with van der Waals surface area (Å²) in [6.07, 6.45) is 0. The van der Waals surface area contributed by atoms with Crippen molar-refractivity contribution in [3.8, 4) is 0 Å². The van der Waals surface area contributed by atoms with Gasteiger partial charge in [-0.3, -0.25) is 4.99 Å². The quantitative estimate of drug-likeness (QED) is 0.560. The van der Waals surface area contributed by atoms with Gasteiger partial charge in [0.1, 0.15) is 0 Å². The van der Waals surface area contributed by atoms with E-state index < -0.39 is 0 Å². The number of nitrogens with two attached hydrogens (primary N) is 1. The highest BCUT2D eigenvalue weighted by molar-refractivity contribution is 8.14. The molecule has 0 bridgehead atoms. The zero-order valence-electron chi connectivity index (χ0n) is 4.92. The Hall–Kier alpha value is -0.0200. The van der Waals surface area contributed by atoms with Crippen LogP contribution < -0.4 is 5.73 Å². The number of rotatable bonds is 1. The van der Waals surface area contributed by atoms with Gasteiger partial charge in [0.2, 0.25) is 0 Å². The van der Waals surface area contributed by atoms with Crippen LogP contribution in [0.1, 0.15) is 6.92 Å². The first kappa shape index (κ1) is 6.11. The molecule has 1 aliphatic heterocycles. The zero-order valence-corrected chi connectivity index (χ0v) is 5.74. The molecule has 0 aromatic heterocycles. The lowest BCUT2D eigenvalue weighted by Crippen LogP contribution is -2.17. The molecular weight excluding hydrogens is 120 g/mol. The van der Waals surface area contributed by atoms with Gasteiger partial charge < -0.3 is 5.73 Å². The lowest BCUT2D eigenvalue weighted by molar-refractivity contribution is 0.776. The molecule has 0 amide bonds. The average molecular weight is 130 g/mol. The highest BCUT2D eigenvalue weighted by atomic mass is 32.2. The Morgan fingerprint density at radius 1 is 2.00 bits per heavy atom. The molecule has 1 heterocycles. The molecule has 0 aromatic rings. The van der Waals surface area contributed by atoms with E-state index in [-0.39, 0.29) is 0 Å². The molecule has 2 nitrogen and oxygen atoms in total. The molecule has 0 saturated heterocycles. The lowest BCUT2D eigenvalue weighted by atomic mass is 10.4.